The van der Waals surface area contributed by atoms with E-state index in [1.165, 1.54) is 0 Å². The number of hydrogen-bond donors (Lipinski definition) is 2. The van der Waals surface area contributed by atoms with Gasteiger partial charge in [-0.3, -0.25) is 14.3 Å². The molecule has 0 bridgehead atoms. The summed E-state index contributed by atoms with van der Waals surface area (Å²) in [6, 6.07) is 6.53. The highest BCUT2D eigenvalue weighted by molar-refractivity contribution is 6.04. The smallest absolute Gasteiger partial charge is 0.410 e. The Labute approximate surface area is 234 Å². The lowest BCUT2D eigenvalue weighted by atomic mass is 9.92. The van der Waals surface area contributed by atoms with Crippen LogP contribution in [0.4, 0.5) is 10.7 Å². The molecule has 2 saturated carbocycles. The van der Waals surface area contributed by atoms with Gasteiger partial charge in [0, 0.05) is 61.8 Å². The number of anilines is 1. The molecule has 0 radical (unpaired) electrons. The molecule has 0 unspecified atom stereocenters. The maximum atomic E-state index is 14.1. The number of nitrogens with one attached hydrogen (secondary N) is 1. The Kier molecular flexibility index (Phi) is 7.16. The summed E-state index contributed by atoms with van der Waals surface area (Å²) in [6.07, 6.45) is 6.38. The van der Waals surface area contributed by atoms with Crippen molar-refractivity contribution >= 4 is 33.8 Å². The first kappa shape index (κ1) is 27.0. The van der Waals surface area contributed by atoms with Crippen LogP contribution in [-0.4, -0.2) is 79.5 Å². The molecule has 214 valence electrons. The molecule has 0 spiro atoms. The molecule has 3 fully saturated rings. The summed E-state index contributed by atoms with van der Waals surface area (Å²) in [5.74, 6) is 0.570. The largest absolute Gasteiger partial charge is 0.444 e. The Morgan fingerprint density at radius 3 is 2.42 bits per heavy atom. The fourth-order valence-corrected chi connectivity index (χ4v) is 5.88. The summed E-state index contributed by atoms with van der Waals surface area (Å²) in [5, 5.41) is 15.9. The average molecular weight is 549 g/mol. The van der Waals surface area contributed by atoms with Gasteiger partial charge in [-0.25, -0.2) is 9.78 Å². The minimum Gasteiger partial charge on any atom is -0.444 e. The molecular weight excluding hydrogens is 508 g/mol. The van der Waals surface area contributed by atoms with Crippen LogP contribution >= 0.6 is 0 Å². The van der Waals surface area contributed by atoms with E-state index in [-0.39, 0.29) is 23.8 Å². The number of hydrogen-bond acceptors (Lipinski definition) is 8. The van der Waals surface area contributed by atoms with Crippen molar-refractivity contribution in [2.24, 2.45) is 0 Å². The average Bonchev–Trinajstić information content (AvgIpc) is 3.73. The zero-order chi connectivity index (χ0) is 28.0. The first-order chi connectivity index (χ1) is 19.1. The molecule has 2 aromatic heterocycles. The summed E-state index contributed by atoms with van der Waals surface area (Å²) < 4.78 is 7.39. The zero-order valence-electron chi connectivity index (χ0n) is 23.7. The van der Waals surface area contributed by atoms with Gasteiger partial charge in [-0.15, -0.1) is 0 Å². The van der Waals surface area contributed by atoms with E-state index in [1.54, 1.807) is 4.90 Å². The van der Waals surface area contributed by atoms with E-state index in [0.717, 1.165) is 55.1 Å². The topological polar surface area (TPSA) is 113 Å². The summed E-state index contributed by atoms with van der Waals surface area (Å²) in [5.41, 5.74) is 1.20. The fourth-order valence-electron chi connectivity index (χ4n) is 5.88. The monoisotopic (exact) mass is 548 g/mol. The van der Waals surface area contributed by atoms with Crippen LogP contribution in [0.25, 0.3) is 21.8 Å². The van der Waals surface area contributed by atoms with E-state index >= 15 is 0 Å². The van der Waals surface area contributed by atoms with Gasteiger partial charge in [0.05, 0.1) is 6.10 Å². The van der Waals surface area contributed by atoms with Crippen LogP contribution in [0.5, 0.6) is 0 Å². The number of aliphatic hydroxyl groups is 1. The maximum absolute atomic E-state index is 14.1. The van der Waals surface area contributed by atoms with Crippen molar-refractivity contribution in [3.05, 3.63) is 40.3 Å². The van der Waals surface area contributed by atoms with Gasteiger partial charge < -0.3 is 20.1 Å². The molecule has 10 nitrogen and oxygen atoms in total. The van der Waals surface area contributed by atoms with Crippen LogP contribution in [0.1, 0.15) is 70.9 Å². The quantitative estimate of drug-likeness (QED) is 0.460. The Morgan fingerprint density at radius 2 is 1.75 bits per heavy atom. The van der Waals surface area contributed by atoms with Crippen LogP contribution in [0.3, 0.4) is 0 Å². The van der Waals surface area contributed by atoms with E-state index in [2.05, 4.69) is 21.3 Å². The van der Waals surface area contributed by atoms with Gasteiger partial charge in [0.1, 0.15) is 11.2 Å². The molecule has 3 aliphatic rings. The number of aliphatic hydroxyl groups excluding tert-OH is 1. The fraction of sp³-hybridized carbons (Fsp3) is 0.600. The SMILES string of the molecule is CC(C)(C)OC(=O)N1CCN(Cc2ccc3c(c2)c(=O)n(C2CCC(O)CC2)c2nc(NC4CC4)ncc32)CC1. The lowest BCUT2D eigenvalue weighted by Gasteiger charge is -2.35. The first-order valence-corrected chi connectivity index (χ1v) is 14.6. The standard InChI is InChI=1S/C30H40N6O4/c1-30(2,3)40-29(39)35-14-12-34(13-15-35)18-19-4-11-23-24(16-19)27(38)36(21-7-9-22(37)10-8-21)26-25(23)17-31-28(33-26)32-20-5-6-20/h4,11,16-17,20-22,37H,5-10,12-15,18H2,1-3H3,(H,31,32,33). The predicted octanol–water partition coefficient (Wildman–Crippen LogP) is 4.05. The molecule has 10 heteroatoms. The van der Waals surface area contributed by atoms with E-state index in [0.29, 0.717) is 55.5 Å². The van der Waals surface area contributed by atoms with Gasteiger partial charge in [-0.2, -0.15) is 4.98 Å². The minimum absolute atomic E-state index is 0.00365. The molecule has 6 rings (SSSR count). The van der Waals surface area contributed by atoms with Crippen molar-refractivity contribution in [1.82, 2.24) is 24.3 Å². The van der Waals surface area contributed by atoms with Gasteiger partial charge in [0.15, 0.2) is 0 Å². The van der Waals surface area contributed by atoms with Gasteiger partial charge >= 0.3 is 6.09 Å². The number of ether oxygens (including phenoxy) is 1. The Morgan fingerprint density at radius 1 is 1.02 bits per heavy atom. The predicted molar refractivity (Wildman–Crippen MR) is 155 cm³/mol. The normalized spacial score (nSPS) is 22.6. The Bertz CT molecular complexity index is 1460. The number of nitrogens with zero attached hydrogens (tertiary/aromatic N) is 5. The van der Waals surface area contributed by atoms with Crippen molar-refractivity contribution in [2.45, 2.75) is 89.6 Å². The lowest BCUT2D eigenvalue weighted by molar-refractivity contribution is 0.0139. The van der Waals surface area contributed by atoms with Crippen molar-refractivity contribution in [3.8, 4) is 0 Å². The first-order valence-electron chi connectivity index (χ1n) is 14.6. The van der Waals surface area contributed by atoms with Crippen LogP contribution in [0.15, 0.2) is 29.2 Å². The van der Waals surface area contributed by atoms with E-state index < -0.39 is 5.60 Å². The molecule has 3 aromatic rings. The van der Waals surface area contributed by atoms with Crippen molar-refractivity contribution in [2.75, 3.05) is 31.5 Å². The summed E-state index contributed by atoms with van der Waals surface area (Å²) in [7, 11) is 0. The van der Waals surface area contributed by atoms with Gasteiger partial charge in [-0.05, 0) is 76.3 Å². The van der Waals surface area contributed by atoms with E-state index in [9.17, 15) is 14.7 Å². The highest BCUT2D eigenvalue weighted by atomic mass is 16.6. The third kappa shape index (κ3) is 5.78. The summed E-state index contributed by atoms with van der Waals surface area (Å²) in [6.45, 7) is 9.06. The third-order valence-electron chi connectivity index (χ3n) is 8.19. The maximum Gasteiger partial charge on any atom is 0.410 e. The number of benzene rings is 1. The highest BCUT2D eigenvalue weighted by Crippen LogP contribution is 2.33. The number of amides is 1. The molecule has 0 atom stereocenters. The van der Waals surface area contributed by atoms with Crippen LogP contribution in [0.2, 0.25) is 0 Å². The van der Waals surface area contributed by atoms with E-state index in [4.69, 9.17) is 9.72 Å². The molecular formula is C30H40N6O4. The van der Waals surface area contributed by atoms with Crippen molar-refractivity contribution in [3.63, 3.8) is 0 Å². The zero-order valence-corrected chi connectivity index (χ0v) is 23.7. The van der Waals surface area contributed by atoms with Crippen molar-refractivity contribution < 1.29 is 14.6 Å². The summed E-state index contributed by atoms with van der Waals surface area (Å²) in [4.78, 5) is 40.1. The number of aromatic nitrogens is 3. The number of pyridine rings is 1. The van der Waals surface area contributed by atoms with Crippen LogP contribution in [-0.2, 0) is 11.3 Å². The highest BCUT2D eigenvalue weighted by Gasteiger charge is 2.28. The lowest BCUT2D eigenvalue weighted by Crippen LogP contribution is -2.49. The van der Waals surface area contributed by atoms with Crippen LogP contribution in [0, 0.1) is 0 Å². The number of rotatable bonds is 5. The number of fused-ring (bicyclic) bond motifs is 3. The minimum atomic E-state index is -0.506. The number of piperazine rings is 1. The Balaban J connectivity index is 1.28. The molecule has 1 saturated heterocycles. The van der Waals surface area contributed by atoms with Crippen LogP contribution < -0.4 is 10.9 Å². The van der Waals surface area contributed by atoms with Gasteiger partial charge in [0.25, 0.3) is 5.56 Å². The molecule has 1 aromatic carbocycles. The summed E-state index contributed by atoms with van der Waals surface area (Å²) >= 11 is 0. The van der Waals surface area contributed by atoms with Crippen molar-refractivity contribution in [1.29, 1.82) is 0 Å². The molecule has 2 N–H and O–H groups in total. The number of carbonyl (C=O) groups is 1. The molecule has 3 heterocycles. The van der Waals surface area contributed by atoms with Gasteiger partial charge in [-0.1, -0.05) is 12.1 Å². The molecule has 1 aliphatic heterocycles. The molecule has 40 heavy (non-hydrogen) atoms. The third-order valence-corrected chi connectivity index (χ3v) is 8.19. The second-order valence-corrected chi connectivity index (χ2v) is 12.6. The second-order valence-electron chi connectivity index (χ2n) is 12.6. The second kappa shape index (κ2) is 10.6. The number of carbonyl (C=O) groups excluding carboxylic acids is 1. The van der Waals surface area contributed by atoms with Gasteiger partial charge in [0.2, 0.25) is 5.95 Å². The van der Waals surface area contributed by atoms with E-state index in [1.807, 2.05) is 43.7 Å². The molecule has 2 aliphatic carbocycles. The molecule has 1 amide bonds. The Hall–Kier alpha value is -3.24.